The van der Waals surface area contributed by atoms with E-state index in [1.165, 1.54) is 10.4 Å². The van der Waals surface area contributed by atoms with Crippen LogP contribution in [0.5, 0.6) is 0 Å². The fourth-order valence-corrected chi connectivity index (χ4v) is 5.89. The number of carbonyl (C=O) groups excluding carboxylic acids is 1. The van der Waals surface area contributed by atoms with Crippen LogP contribution in [0.2, 0.25) is 0 Å². The number of amides is 1. The largest absolute Gasteiger partial charge is 0.352 e. The number of carbonyl (C=O) groups is 1. The highest BCUT2D eigenvalue weighted by atomic mass is 32.2. The summed E-state index contributed by atoms with van der Waals surface area (Å²) in [6.07, 6.45) is 10.5. The number of H-pyrrole nitrogens is 1. The lowest BCUT2D eigenvalue weighted by molar-refractivity contribution is -0.120. The minimum absolute atomic E-state index is 0.0113. The van der Waals surface area contributed by atoms with Gasteiger partial charge in [-0.05, 0) is 36.5 Å². The molecule has 0 atom stereocenters. The second kappa shape index (κ2) is 9.25. The van der Waals surface area contributed by atoms with E-state index in [-0.39, 0.29) is 11.5 Å². The zero-order valence-corrected chi connectivity index (χ0v) is 19.0. The molecule has 0 fully saturated rings. The van der Waals surface area contributed by atoms with E-state index in [0.717, 1.165) is 40.9 Å². The summed E-state index contributed by atoms with van der Waals surface area (Å²) >= 11 is 3.24. The van der Waals surface area contributed by atoms with E-state index >= 15 is 0 Å². The Hall–Kier alpha value is -2.98. The molecule has 4 aromatic rings. The van der Waals surface area contributed by atoms with Crippen molar-refractivity contribution >= 4 is 39.2 Å². The van der Waals surface area contributed by atoms with Crippen molar-refractivity contribution < 1.29 is 4.79 Å². The zero-order valence-electron chi connectivity index (χ0n) is 17.3. The maximum Gasteiger partial charge on any atom is 0.259 e. The second-order valence-electron chi connectivity index (χ2n) is 7.62. The van der Waals surface area contributed by atoms with Crippen molar-refractivity contribution in [3.05, 3.63) is 69.2 Å². The minimum atomic E-state index is -0.0320. The van der Waals surface area contributed by atoms with Gasteiger partial charge in [0.1, 0.15) is 22.8 Å². The smallest absolute Gasteiger partial charge is 0.259 e. The van der Waals surface area contributed by atoms with Crippen molar-refractivity contribution in [1.82, 2.24) is 29.8 Å². The average molecular weight is 467 g/mol. The standard InChI is InChI=1S/C22H22N6O2S2/c29-19(25-11-14-4-5-18(24-10-14)28-8-7-23-13-28)6-9-31-12-17-26-21(30)20-15-2-1-3-16(15)32-22(20)27-17/h4-5,7-8,10,13H,1-3,6,9,11-12H2,(H,25,29)(H,26,27,30). The van der Waals surface area contributed by atoms with Gasteiger partial charge in [-0.2, -0.15) is 11.8 Å². The number of hydrogen-bond acceptors (Lipinski definition) is 7. The first-order valence-corrected chi connectivity index (χ1v) is 12.5. The monoisotopic (exact) mass is 466 g/mol. The zero-order chi connectivity index (χ0) is 21.9. The van der Waals surface area contributed by atoms with E-state index in [0.29, 0.717) is 30.3 Å². The quantitative estimate of drug-likeness (QED) is 0.387. The number of aromatic amines is 1. The number of aromatic nitrogens is 5. The molecule has 0 unspecified atom stereocenters. The summed E-state index contributed by atoms with van der Waals surface area (Å²) in [5.41, 5.74) is 2.10. The van der Waals surface area contributed by atoms with Gasteiger partial charge in [-0.1, -0.05) is 6.07 Å². The Morgan fingerprint density at radius 3 is 3.06 bits per heavy atom. The van der Waals surface area contributed by atoms with Crippen LogP contribution < -0.4 is 10.9 Å². The molecule has 0 radical (unpaired) electrons. The maximum absolute atomic E-state index is 12.5. The van der Waals surface area contributed by atoms with Crippen molar-refractivity contribution in [3.63, 3.8) is 0 Å². The number of fused-ring (bicyclic) bond motifs is 3. The molecule has 0 saturated carbocycles. The summed E-state index contributed by atoms with van der Waals surface area (Å²) in [6.45, 7) is 0.440. The van der Waals surface area contributed by atoms with Gasteiger partial charge in [0.05, 0.1) is 11.1 Å². The SMILES string of the molecule is O=C(CCSCc1nc2sc3c(c2c(=O)[nH]1)CCC3)NCc1ccc(-n2ccnc2)nc1. The molecule has 10 heteroatoms. The Kier molecular flexibility index (Phi) is 6.04. The summed E-state index contributed by atoms with van der Waals surface area (Å²) in [7, 11) is 0. The number of imidazole rings is 1. The molecule has 1 aliphatic rings. The van der Waals surface area contributed by atoms with Gasteiger partial charge < -0.3 is 10.3 Å². The first-order chi connectivity index (χ1) is 15.7. The number of thioether (sulfide) groups is 1. The van der Waals surface area contributed by atoms with Crippen LogP contribution in [0.1, 0.15) is 34.7 Å². The molecular formula is C22H22N6O2S2. The molecule has 1 aliphatic carbocycles. The van der Waals surface area contributed by atoms with Gasteiger partial charge in [0, 0.05) is 42.2 Å². The molecule has 0 aromatic carbocycles. The van der Waals surface area contributed by atoms with Crippen LogP contribution in [0.3, 0.4) is 0 Å². The van der Waals surface area contributed by atoms with Gasteiger partial charge >= 0.3 is 0 Å². The van der Waals surface area contributed by atoms with Crippen LogP contribution in [0.25, 0.3) is 16.0 Å². The van der Waals surface area contributed by atoms with Crippen molar-refractivity contribution in [2.45, 2.75) is 38.0 Å². The first kappa shape index (κ1) is 20.9. The van der Waals surface area contributed by atoms with Gasteiger partial charge in [-0.3, -0.25) is 14.2 Å². The van der Waals surface area contributed by atoms with E-state index in [4.69, 9.17) is 0 Å². The summed E-state index contributed by atoms with van der Waals surface area (Å²) in [6, 6.07) is 3.84. The van der Waals surface area contributed by atoms with Crippen LogP contribution >= 0.6 is 23.1 Å². The topological polar surface area (TPSA) is 106 Å². The highest BCUT2D eigenvalue weighted by molar-refractivity contribution is 7.98. The normalized spacial score (nSPS) is 12.9. The van der Waals surface area contributed by atoms with Gasteiger partial charge in [0.2, 0.25) is 5.91 Å². The third-order valence-corrected chi connectivity index (χ3v) is 7.56. The van der Waals surface area contributed by atoms with Crippen molar-refractivity contribution in [2.75, 3.05) is 5.75 Å². The third-order valence-electron chi connectivity index (χ3n) is 5.40. The molecule has 5 rings (SSSR count). The highest BCUT2D eigenvalue weighted by Gasteiger charge is 2.21. The molecule has 0 saturated heterocycles. The Labute approximate surface area is 192 Å². The Morgan fingerprint density at radius 1 is 1.31 bits per heavy atom. The molecule has 1 amide bonds. The van der Waals surface area contributed by atoms with Gasteiger partial charge in [-0.25, -0.2) is 15.0 Å². The molecular weight excluding hydrogens is 444 g/mol. The lowest BCUT2D eigenvalue weighted by atomic mass is 10.2. The molecule has 4 aromatic heterocycles. The molecule has 2 N–H and O–H groups in total. The van der Waals surface area contributed by atoms with E-state index in [1.807, 2.05) is 22.9 Å². The van der Waals surface area contributed by atoms with Gasteiger partial charge in [0.15, 0.2) is 0 Å². The van der Waals surface area contributed by atoms with Crippen LogP contribution in [0.4, 0.5) is 0 Å². The minimum Gasteiger partial charge on any atom is -0.352 e. The van der Waals surface area contributed by atoms with Crippen molar-refractivity contribution in [3.8, 4) is 5.82 Å². The lowest BCUT2D eigenvalue weighted by Gasteiger charge is -2.07. The number of thiophene rings is 1. The predicted octanol–water partition coefficient (Wildman–Crippen LogP) is 2.99. The molecule has 0 spiro atoms. The van der Waals surface area contributed by atoms with Crippen LogP contribution in [-0.2, 0) is 29.9 Å². The molecule has 0 bridgehead atoms. The average Bonchev–Trinajstić information content (AvgIpc) is 3.53. The van der Waals surface area contributed by atoms with Crippen molar-refractivity contribution in [2.24, 2.45) is 0 Å². The predicted molar refractivity (Wildman–Crippen MR) is 126 cm³/mol. The summed E-state index contributed by atoms with van der Waals surface area (Å²) in [5.74, 6) is 2.69. The summed E-state index contributed by atoms with van der Waals surface area (Å²) in [5, 5.41) is 3.70. The molecule has 164 valence electrons. The van der Waals surface area contributed by atoms with Crippen molar-refractivity contribution in [1.29, 1.82) is 0 Å². The fraction of sp³-hybridized carbons (Fsp3) is 0.318. The van der Waals surface area contributed by atoms with E-state index in [2.05, 4.69) is 25.3 Å². The summed E-state index contributed by atoms with van der Waals surface area (Å²) in [4.78, 5) is 42.8. The maximum atomic E-state index is 12.5. The van der Waals surface area contributed by atoms with Crippen LogP contribution in [0.15, 0.2) is 41.8 Å². The second-order valence-corrected chi connectivity index (χ2v) is 9.81. The number of aryl methyl sites for hydroxylation is 2. The Bertz CT molecular complexity index is 1290. The molecule has 0 aliphatic heterocycles. The Balaban J connectivity index is 1.07. The van der Waals surface area contributed by atoms with E-state index < -0.39 is 0 Å². The van der Waals surface area contributed by atoms with Crippen LogP contribution in [-0.4, -0.2) is 36.2 Å². The summed E-state index contributed by atoms with van der Waals surface area (Å²) < 4.78 is 1.82. The lowest BCUT2D eigenvalue weighted by Crippen LogP contribution is -2.23. The fourth-order valence-electron chi connectivity index (χ4n) is 3.81. The van der Waals surface area contributed by atoms with Crippen LogP contribution in [0, 0.1) is 0 Å². The number of pyridine rings is 1. The molecule has 32 heavy (non-hydrogen) atoms. The Morgan fingerprint density at radius 2 is 2.25 bits per heavy atom. The number of hydrogen-bond donors (Lipinski definition) is 2. The van der Waals surface area contributed by atoms with E-state index in [9.17, 15) is 9.59 Å². The number of nitrogens with zero attached hydrogens (tertiary/aromatic N) is 4. The van der Waals surface area contributed by atoms with E-state index in [1.54, 1.807) is 41.8 Å². The highest BCUT2D eigenvalue weighted by Crippen LogP contribution is 2.34. The molecule has 8 nitrogen and oxygen atoms in total. The first-order valence-electron chi connectivity index (χ1n) is 10.5. The molecule has 4 heterocycles. The van der Waals surface area contributed by atoms with Gasteiger partial charge in [0.25, 0.3) is 5.56 Å². The number of rotatable bonds is 8. The number of nitrogens with one attached hydrogen (secondary N) is 2. The third kappa shape index (κ3) is 4.46. The van der Waals surface area contributed by atoms with Gasteiger partial charge in [-0.15, -0.1) is 11.3 Å².